The second kappa shape index (κ2) is 9.83. The standard InChI is InChI=1S/C30H30O3/c1-20-11-14-26(24-12-15-27(31-4)21(2)17-24)30(33-19-23-9-7-6-8-10-23)29(20)25-13-16-28(32-5)22(3)18-25/h6-18H,19H2,1-5H3. The van der Waals surface area contributed by atoms with Gasteiger partial charge in [0.05, 0.1) is 14.2 Å². The van der Waals surface area contributed by atoms with Crippen LogP contribution in [0.4, 0.5) is 0 Å². The van der Waals surface area contributed by atoms with Crippen molar-refractivity contribution in [2.24, 2.45) is 0 Å². The van der Waals surface area contributed by atoms with E-state index in [0.717, 1.165) is 61.8 Å². The van der Waals surface area contributed by atoms with Gasteiger partial charge in [0.2, 0.25) is 0 Å². The topological polar surface area (TPSA) is 27.7 Å². The van der Waals surface area contributed by atoms with E-state index >= 15 is 0 Å². The summed E-state index contributed by atoms with van der Waals surface area (Å²) < 4.78 is 17.5. The van der Waals surface area contributed by atoms with Crippen LogP contribution in [0.15, 0.2) is 78.9 Å². The molecule has 0 saturated carbocycles. The SMILES string of the molecule is COc1ccc(-c2ccc(C)c(-c3ccc(OC)c(C)c3)c2OCc2ccccc2)cc1C. The Bertz CT molecular complexity index is 1260. The van der Waals surface area contributed by atoms with Gasteiger partial charge in [0.1, 0.15) is 23.9 Å². The first-order chi connectivity index (χ1) is 16.0. The molecule has 0 saturated heterocycles. The molecule has 0 radical (unpaired) electrons. The van der Waals surface area contributed by atoms with E-state index in [0.29, 0.717) is 6.61 Å². The molecule has 0 aliphatic carbocycles. The van der Waals surface area contributed by atoms with Crippen LogP contribution in [-0.2, 0) is 6.61 Å². The van der Waals surface area contributed by atoms with Crippen LogP contribution in [0.3, 0.4) is 0 Å². The Morgan fingerprint density at radius 3 is 1.82 bits per heavy atom. The molecule has 4 aromatic carbocycles. The summed E-state index contributed by atoms with van der Waals surface area (Å²) in [5.41, 5.74) is 8.85. The van der Waals surface area contributed by atoms with Crippen molar-refractivity contribution in [1.29, 1.82) is 0 Å². The first-order valence-corrected chi connectivity index (χ1v) is 11.1. The van der Waals surface area contributed by atoms with Crippen LogP contribution >= 0.6 is 0 Å². The molecular weight excluding hydrogens is 408 g/mol. The van der Waals surface area contributed by atoms with E-state index in [-0.39, 0.29) is 0 Å². The molecule has 3 heteroatoms. The third kappa shape index (κ3) is 4.73. The maximum absolute atomic E-state index is 6.57. The first kappa shape index (κ1) is 22.5. The molecule has 0 spiro atoms. The Kier molecular flexibility index (Phi) is 6.69. The number of aryl methyl sites for hydroxylation is 3. The minimum absolute atomic E-state index is 0.495. The largest absolute Gasteiger partial charge is 0.496 e. The van der Waals surface area contributed by atoms with Crippen molar-refractivity contribution in [3.63, 3.8) is 0 Å². The van der Waals surface area contributed by atoms with Crippen LogP contribution in [0.2, 0.25) is 0 Å². The van der Waals surface area contributed by atoms with Crippen molar-refractivity contribution in [2.45, 2.75) is 27.4 Å². The minimum atomic E-state index is 0.495. The van der Waals surface area contributed by atoms with Crippen molar-refractivity contribution in [2.75, 3.05) is 14.2 Å². The third-order valence-corrected chi connectivity index (χ3v) is 5.98. The summed E-state index contributed by atoms with van der Waals surface area (Å²) in [5, 5.41) is 0. The van der Waals surface area contributed by atoms with E-state index in [9.17, 15) is 0 Å². The second-order valence-corrected chi connectivity index (χ2v) is 8.28. The fourth-order valence-electron chi connectivity index (χ4n) is 4.23. The Balaban J connectivity index is 1.88. The molecule has 0 unspecified atom stereocenters. The predicted molar refractivity (Wildman–Crippen MR) is 135 cm³/mol. The summed E-state index contributed by atoms with van der Waals surface area (Å²) in [6.07, 6.45) is 0. The van der Waals surface area contributed by atoms with Gasteiger partial charge in [-0.1, -0.05) is 54.6 Å². The summed E-state index contributed by atoms with van der Waals surface area (Å²) in [6.45, 7) is 6.76. The van der Waals surface area contributed by atoms with Crippen molar-refractivity contribution in [3.05, 3.63) is 101 Å². The highest BCUT2D eigenvalue weighted by atomic mass is 16.5. The number of methoxy groups -OCH3 is 2. The molecule has 4 aromatic rings. The van der Waals surface area contributed by atoms with Gasteiger partial charge in [0.15, 0.2) is 0 Å². The van der Waals surface area contributed by atoms with E-state index in [1.54, 1.807) is 14.2 Å². The lowest BCUT2D eigenvalue weighted by molar-refractivity contribution is 0.308. The lowest BCUT2D eigenvalue weighted by Crippen LogP contribution is -2.01. The Labute approximate surface area is 196 Å². The summed E-state index contributed by atoms with van der Waals surface area (Å²) in [7, 11) is 3.40. The van der Waals surface area contributed by atoms with Crippen LogP contribution in [0.1, 0.15) is 22.3 Å². The van der Waals surface area contributed by atoms with Crippen molar-refractivity contribution < 1.29 is 14.2 Å². The summed E-state index contributed by atoms with van der Waals surface area (Å²) >= 11 is 0. The van der Waals surface area contributed by atoms with Gasteiger partial charge in [-0.2, -0.15) is 0 Å². The van der Waals surface area contributed by atoms with Gasteiger partial charge in [0.25, 0.3) is 0 Å². The Morgan fingerprint density at radius 2 is 1.21 bits per heavy atom. The van der Waals surface area contributed by atoms with Crippen molar-refractivity contribution in [1.82, 2.24) is 0 Å². The van der Waals surface area contributed by atoms with Gasteiger partial charge in [-0.05, 0) is 78.4 Å². The quantitative estimate of drug-likeness (QED) is 0.298. The molecule has 0 amide bonds. The maximum atomic E-state index is 6.57. The molecule has 0 fully saturated rings. The van der Waals surface area contributed by atoms with Gasteiger partial charge in [0, 0.05) is 11.1 Å². The second-order valence-electron chi connectivity index (χ2n) is 8.28. The van der Waals surface area contributed by atoms with Crippen LogP contribution < -0.4 is 14.2 Å². The fraction of sp³-hybridized carbons (Fsp3) is 0.200. The van der Waals surface area contributed by atoms with E-state index in [2.05, 4.69) is 69.3 Å². The zero-order valence-corrected chi connectivity index (χ0v) is 19.9. The molecule has 3 nitrogen and oxygen atoms in total. The molecule has 33 heavy (non-hydrogen) atoms. The number of benzene rings is 4. The smallest absolute Gasteiger partial charge is 0.135 e. The minimum Gasteiger partial charge on any atom is -0.496 e. The lowest BCUT2D eigenvalue weighted by Gasteiger charge is -2.20. The predicted octanol–water partition coefficient (Wildman–Crippen LogP) is 7.54. The molecule has 0 atom stereocenters. The number of hydrogen-bond donors (Lipinski definition) is 0. The van der Waals surface area contributed by atoms with E-state index < -0.39 is 0 Å². The molecule has 168 valence electrons. The summed E-state index contributed by atoms with van der Waals surface area (Å²) in [5.74, 6) is 2.64. The van der Waals surface area contributed by atoms with E-state index in [4.69, 9.17) is 14.2 Å². The summed E-state index contributed by atoms with van der Waals surface area (Å²) in [6, 6.07) is 27.1. The zero-order chi connectivity index (χ0) is 23.4. The lowest BCUT2D eigenvalue weighted by atomic mass is 9.92. The molecule has 0 N–H and O–H groups in total. The zero-order valence-electron chi connectivity index (χ0n) is 19.9. The van der Waals surface area contributed by atoms with Crippen molar-refractivity contribution >= 4 is 0 Å². The molecular formula is C30H30O3. The molecule has 0 heterocycles. The highest BCUT2D eigenvalue weighted by molar-refractivity contribution is 5.85. The molecule has 0 aliphatic rings. The maximum Gasteiger partial charge on any atom is 0.135 e. The fourth-order valence-corrected chi connectivity index (χ4v) is 4.23. The third-order valence-electron chi connectivity index (χ3n) is 5.98. The van der Waals surface area contributed by atoms with Crippen LogP contribution in [0.5, 0.6) is 17.2 Å². The van der Waals surface area contributed by atoms with Gasteiger partial charge in [-0.25, -0.2) is 0 Å². The van der Waals surface area contributed by atoms with Crippen molar-refractivity contribution in [3.8, 4) is 39.5 Å². The van der Waals surface area contributed by atoms with Gasteiger partial charge in [-0.3, -0.25) is 0 Å². The van der Waals surface area contributed by atoms with Crippen LogP contribution in [0, 0.1) is 20.8 Å². The normalized spacial score (nSPS) is 10.7. The summed E-state index contributed by atoms with van der Waals surface area (Å²) in [4.78, 5) is 0. The molecule has 4 rings (SSSR count). The molecule has 0 bridgehead atoms. The number of ether oxygens (including phenoxy) is 3. The molecule has 0 aromatic heterocycles. The highest BCUT2D eigenvalue weighted by Crippen LogP contribution is 2.43. The Morgan fingerprint density at radius 1 is 0.606 bits per heavy atom. The number of rotatable bonds is 7. The average Bonchev–Trinajstić information content (AvgIpc) is 2.83. The van der Waals surface area contributed by atoms with E-state index in [1.807, 2.05) is 30.3 Å². The van der Waals surface area contributed by atoms with Gasteiger partial charge in [-0.15, -0.1) is 0 Å². The van der Waals surface area contributed by atoms with Gasteiger partial charge < -0.3 is 14.2 Å². The Hall–Kier alpha value is -3.72. The first-order valence-electron chi connectivity index (χ1n) is 11.1. The van der Waals surface area contributed by atoms with Crippen LogP contribution in [0.25, 0.3) is 22.3 Å². The highest BCUT2D eigenvalue weighted by Gasteiger charge is 2.18. The number of hydrogen-bond acceptors (Lipinski definition) is 3. The molecule has 0 aliphatic heterocycles. The van der Waals surface area contributed by atoms with E-state index in [1.165, 1.54) is 0 Å². The monoisotopic (exact) mass is 438 g/mol. The van der Waals surface area contributed by atoms with Gasteiger partial charge >= 0.3 is 0 Å². The average molecular weight is 439 g/mol. The van der Waals surface area contributed by atoms with Crippen LogP contribution in [-0.4, -0.2) is 14.2 Å².